The molecule has 150 valence electrons. The lowest BCUT2D eigenvalue weighted by Crippen LogP contribution is -2.34. The summed E-state index contributed by atoms with van der Waals surface area (Å²) in [5.74, 6) is 1.13. The average Bonchev–Trinajstić information content (AvgIpc) is 2.70. The first-order chi connectivity index (χ1) is 13.5. The van der Waals surface area contributed by atoms with Crippen molar-refractivity contribution in [1.29, 1.82) is 0 Å². The van der Waals surface area contributed by atoms with Crippen LogP contribution in [-0.4, -0.2) is 43.8 Å². The number of aliphatic imine (C=N–C) groups is 1. The van der Waals surface area contributed by atoms with Crippen LogP contribution in [0.2, 0.25) is 0 Å². The number of nitrogens with two attached hydrogens (primary N) is 1. The number of carbonyl (C=O) groups excluding carboxylic acids is 1. The van der Waals surface area contributed by atoms with Crippen molar-refractivity contribution in [1.82, 2.24) is 4.90 Å². The van der Waals surface area contributed by atoms with Crippen LogP contribution in [0.25, 0.3) is 5.70 Å². The molecule has 0 aromatic heterocycles. The number of methoxy groups -OCH3 is 2. The number of carbonyl (C=O) groups is 1. The molecule has 0 fully saturated rings. The van der Waals surface area contributed by atoms with Crippen molar-refractivity contribution in [3.05, 3.63) is 53.8 Å². The third-order valence-corrected chi connectivity index (χ3v) is 4.52. The Balaban J connectivity index is 2.39. The summed E-state index contributed by atoms with van der Waals surface area (Å²) in [6.45, 7) is 5.11. The molecule has 1 heterocycles. The Morgan fingerprint density at radius 1 is 1.21 bits per heavy atom. The van der Waals surface area contributed by atoms with E-state index in [-0.39, 0.29) is 11.6 Å². The van der Waals surface area contributed by atoms with Gasteiger partial charge in [-0.2, -0.15) is 0 Å². The number of hydrogen-bond donors (Lipinski definition) is 1. The molecular weight excluding hydrogens is 354 g/mol. The molecule has 28 heavy (non-hydrogen) atoms. The van der Waals surface area contributed by atoms with Gasteiger partial charge in [0.2, 0.25) is 0 Å². The third kappa shape index (κ3) is 5.25. The number of ether oxygens (including phenoxy) is 2. The van der Waals surface area contributed by atoms with Gasteiger partial charge in [0.1, 0.15) is 0 Å². The van der Waals surface area contributed by atoms with E-state index in [4.69, 9.17) is 20.2 Å². The van der Waals surface area contributed by atoms with E-state index in [2.05, 4.69) is 6.08 Å². The van der Waals surface area contributed by atoms with Crippen molar-refractivity contribution in [2.75, 3.05) is 27.3 Å². The van der Waals surface area contributed by atoms with Crippen LogP contribution in [0.1, 0.15) is 32.3 Å². The van der Waals surface area contributed by atoms with Crippen molar-refractivity contribution in [3.63, 3.8) is 0 Å². The van der Waals surface area contributed by atoms with E-state index in [0.717, 1.165) is 23.4 Å². The molecular formula is C22H29N3O3. The fourth-order valence-corrected chi connectivity index (χ4v) is 2.93. The summed E-state index contributed by atoms with van der Waals surface area (Å²) in [6.07, 6.45) is 9.22. The van der Waals surface area contributed by atoms with Crippen LogP contribution in [-0.2, 0) is 4.79 Å². The molecule has 1 aromatic rings. The van der Waals surface area contributed by atoms with Crippen molar-refractivity contribution in [2.24, 2.45) is 10.7 Å². The fourth-order valence-electron chi connectivity index (χ4n) is 2.93. The average molecular weight is 383 g/mol. The maximum atomic E-state index is 12.5. The van der Waals surface area contributed by atoms with Gasteiger partial charge in [-0.05, 0) is 57.0 Å². The smallest absolute Gasteiger partial charge is 0.269 e. The molecule has 1 aromatic carbocycles. The van der Waals surface area contributed by atoms with E-state index in [9.17, 15) is 4.79 Å². The van der Waals surface area contributed by atoms with E-state index in [1.54, 1.807) is 25.2 Å². The van der Waals surface area contributed by atoms with Gasteiger partial charge in [-0.1, -0.05) is 12.2 Å². The maximum Gasteiger partial charge on any atom is 0.269 e. The summed E-state index contributed by atoms with van der Waals surface area (Å²) in [4.78, 5) is 18.9. The van der Waals surface area contributed by atoms with Gasteiger partial charge >= 0.3 is 0 Å². The van der Waals surface area contributed by atoms with Crippen LogP contribution in [0, 0.1) is 0 Å². The maximum absolute atomic E-state index is 12.5. The van der Waals surface area contributed by atoms with Crippen molar-refractivity contribution in [2.45, 2.75) is 26.7 Å². The topological polar surface area (TPSA) is 77.2 Å². The zero-order valence-electron chi connectivity index (χ0n) is 17.1. The molecule has 0 spiro atoms. The van der Waals surface area contributed by atoms with E-state index >= 15 is 0 Å². The highest BCUT2D eigenvalue weighted by Gasteiger charge is 2.14. The monoisotopic (exact) mass is 383 g/mol. The molecule has 0 saturated heterocycles. The van der Waals surface area contributed by atoms with Crippen LogP contribution in [0.15, 0.2) is 53.2 Å². The molecule has 0 atom stereocenters. The van der Waals surface area contributed by atoms with Gasteiger partial charge in [-0.25, -0.2) is 0 Å². The van der Waals surface area contributed by atoms with Gasteiger partial charge in [0.05, 0.1) is 25.6 Å². The van der Waals surface area contributed by atoms with Crippen molar-refractivity contribution < 1.29 is 14.3 Å². The zero-order chi connectivity index (χ0) is 20.5. The van der Waals surface area contributed by atoms with Crippen LogP contribution in [0.3, 0.4) is 0 Å². The molecule has 1 amide bonds. The number of likely N-dealkylation sites (N-methyl/N-ethyl adjacent to an activating group) is 1. The first kappa shape index (κ1) is 21.3. The second-order valence-electron chi connectivity index (χ2n) is 6.27. The molecule has 0 unspecified atom stereocenters. The second kappa shape index (κ2) is 10.3. The first-order valence-corrected chi connectivity index (χ1v) is 9.47. The SMILES string of the molecule is CCN(CC)C(=O)C(N)=CC1=N/C(c2ccc(OC)c(OC)c2)=C\C=C/CC1. The van der Waals surface area contributed by atoms with Crippen molar-refractivity contribution >= 4 is 17.3 Å². The van der Waals surface area contributed by atoms with Crippen molar-refractivity contribution in [3.8, 4) is 11.5 Å². The molecule has 6 heteroatoms. The molecule has 0 saturated carbocycles. The van der Waals surface area contributed by atoms with Gasteiger partial charge < -0.3 is 20.1 Å². The summed E-state index contributed by atoms with van der Waals surface area (Å²) in [6, 6.07) is 5.66. The lowest BCUT2D eigenvalue weighted by atomic mass is 10.1. The zero-order valence-corrected chi connectivity index (χ0v) is 17.1. The lowest BCUT2D eigenvalue weighted by Gasteiger charge is -2.18. The molecule has 0 radical (unpaired) electrons. The van der Waals surface area contributed by atoms with Gasteiger partial charge in [-0.3, -0.25) is 9.79 Å². The van der Waals surface area contributed by atoms with Gasteiger partial charge in [0.25, 0.3) is 5.91 Å². The summed E-state index contributed by atoms with van der Waals surface area (Å²) < 4.78 is 10.7. The Kier molecular flexibility index (Phi) is 7.87. The predicted molar refractivity (Wildman–Crippen MR) is 114 cm³/mol. The minimum atomic E-state index is -0.165. The molecule has 2 N–H and O–H groups in total. The number of hydrogen-bond acceptors (Lipinski definition) is 5. The number of benzene rings is 1. The molecule has 1 aliphatic rings. The Morgan fingerprint density at radius 2 is 1.93 bits per heavy atom. The fraction of sp³-hybridized carbons (Fsp3) is 0.364. The van der Waals surface area contributed by atoms with E-state index in [1.165, 1.54) is 0 Å². The third-order valence-electron chi connectivity index (χ3n) is 4.52. The summed E-state index contributed by atoms with van der Waals surface area (Å²) in [7, 11) is 3.21. The molecule has 0 aliphatic carbocycles. The highest BCUT2D eigenvalue weighted by molar-refractivity contribution is 6.05. The highest BCUT2D eigenvalue weighted by atomic mass is 16.5. The number of nitrogens with zero attached hydrogens (tertiary/aromatic N) is 2. The Morgan fingerprint density at radius 3 is 2.57 bits per heavy atom. The summed E-state index contributed by atoms with van der Waals surface area (Å²) in [5, 5.41) is 0. The molecule has 1 aliphatic heterocycles. The number of amides is 1. The molecule has 6 nitrogen and oxygen atoms in total. The van der Waals surface area contributed by atoms with Crippen LogP contribution in [0.5, 0.6) is 11.5 Å². The van der Waals surface area contributed by atoms with E-state index in [1.807, 2.05) is 44.2 Å². The normalized spacial score (nSPS) is 17.5. The highest BCUT2D eigenvalue weighted by Crippen LogP contribution is 2.31. The predicted octanol–water partition coefficient (Wildman–Crippen LogP) is 3.55. The minimum absolute atomic E-state index is 0.165. The quantitative estimate of drug-likeness (QED) is 0.731. The Hall–Kier alpha value is -3.02. The molecule has 0 bridgehead atoms. The first-order valence-electron chi connectivity index (χ1n) is 9.47. The van der Waals surface area contributed by atoms with Crippen LogP contribution < -0.4 is 15.2 Å². The summed E-state index contributed by atoms with van der Waals surface area (Å²) >= 11 is 0. The second-order valence-corrected chi connectivity index (χ2v) is 6.27. The number of allylic oxidation sites excluding steroid dienone is 4. The van der Waals surface area contributed by atoms with E-state index in [0.29, 0.717) is 31.0 Å². The largest absolute Gasteiger partial charge is 0.493 e. The van der Waals surface area contributed by atoms with Crippen LogP contribution >= 0.6 is 0 Å². The Labute approximate surface area is 167 Å². The Bertz CT molecular complexity index is 818. The molecule has 2 rings (SSSR count). The minimum Gasteiger partial charge on any atom is -0.493 e. The lowest BCUT2D eigenvalue weighted by molar-refractivity contribution is -0.126. The van der Waals surface area contributed by atoms with Gasteiger partial charge in [-0.15, -0.1) is 0 Å². The summed E-state index contributed by atoms with van der Waals surface area (Å²) in [5.41, 5.74) is 8.71. The standard InChI is InChI=1S/C22H29N3O3/c1-5-25(6-2)22(26)18(23)15-17-10-8-7-9-11-19(24-17)16-12-13-20(27-3)21(14-16)28-4/h7,9,11-15H,5-6,8,10,23H2,1-4H3/b9-7-,18-15?,19-11-,24-17?. The van der Waals surface area contributed by atoms with Gasteiger partial charge in [0.15, 0.2) is 11.5 Å². The number of rotatable bonds is 7. The van der Waals surface area contributed by atoms with E-state index < -0.39 is 0 Å². The van der Waals surface area contributed by atoms with Gasteiger partial charge in [0, 0.05) is 24.4 Å². The van der Waals surface area contributed by atoms with Crippen LogP contribution in [0.4, 0.5) is 0 Å².